The van der Waals surface area contributed by atoms with Gasteiger partial charge in [-0.1, -0.05) is 13.3 Å². The highest BCUT2D eigenvalue weighted by Crippen LogP contribution is 2.12. The molecule has 2 nitrogen and oxygen atoms in total. The van der Waals surface area contributed by atoms with E-state index in [1.54, 1.807) is 0 Å². The molecule has 11 heavy (non-hydrogen) atoms. The third kappa shape index (κ3) is 5.43. The lowest BCUT2D eigenvalue weighted by Gasteiger charge is -2.03. The summed E-state index contributed by atoms with van der Waals surface area (Å²) < 4.78 is 0. The predicted molar refractivity (Wildman–Crippen MR) is 43.5 cm³/mol. The van der Waals surface area contributed by atoms with Crippen LogP contribution in [0.1, 0.15) is 39.0 Å². The Kier molecular flexibility index (Phi) is 6.43. The molecule has 0 saturated heterocycles. The van der Waals surface area contributed by atoms with Crippen LogP contribution in [0.25, 0.3) is 0 Å². The topological polar surface area (TPSA) is 47.6 Å². The minimum atomic E-state index is 0.174. The van der Waals surface area contributed by atoms with E-state index < -0.39 is 0 Å². The summed E-state index contributed by atoms with van der Waals surface area (Å²) in [6.45, 7) is 2.08. The molecule has 0 amide bonds. The normalized spacial score (nSPS) is 11.5. The average Bonchev–Trinajstić information content (AvgIpc) is 2.03. The highest BCUT2D eigenvalue weighted by Gasteiger charge is 2.04. The smallest absolute Gasteiger partial charge is 0.0655 e. The number of unbranched alkanes of at least 4 members (excludes halogenated alkanes) is 1. The fourth-order valence-electron chi connectivity index (χ4n) is 1.05. The first-order valence-corrected chi connectivity index (χ1v) is 4.11. The quantitative estimate of drug-likeness (QED) is 0.565. The molecule has 0 aliphatic carbocycles. The summed E-state index contributed by atoms with van der Waals surface area (Å²) in [5.41, 5.74) is 0. The van der Waals surface area contributed by atoms with Crippen molar-refractivity contribution in [2.24, 2.45) is 5.92 Å². The number of hydrogen-bond acceptors (Lipinski definition) is 2. The van der Waals surface area contributed by atoms with Gasteiger partial charge in [-0.3, -0.25) is 0 Å². The number of nitrogens with zero attached hydrogens (tertiary/aromatic N) is 2. The monoisotopic (exact) mass is 150 g/mol. The zero-order valence-corrected chi connectivity index (χ0v) is 7.01. The lowest BCUT2D eigenvalue weighted by atomic mass is 9.99. The third-order valence-corrected chi connectivity index (χ3v) is 1.66. The van der Waals surface area contributed by atoms with Crippen molar-refractivity contribution in [1.82, 2.24) is 0 Å². The first-order chi connectivity index (χ1) is 5.35. The van der Waals surface area contributed by atoms with Crippen LogP contribution in [0.2, 0.25) is 0 Å². The highest BCUT2D eigenvalue weighted by atomic mass is 14.3. The molecular weight excluding hydrogens is 136 g/mol. The largest absolute Gasteiger partial charge is 0.198 e. The molecule has 0 aliphatic heterocycles. The molecule has 1 unspecified atom stereocenters. The summed E-state index contributed by atoms with van der Waals surface area (Å²) >= 11 is 0. The van der Waals surface area contributed by atoms with E-state index >= 15 is 0 Å². The lowest BCUT2D eigenvalue weighted by Crippen LogP contribution is -1.95. The molecule has 0 spiro atoms. The third-order valence-electron chi connectivity index (χ3n) is 1.66. The molecule has 0 heterocycles. The summed E-state index contributed by atoms with van der Waals surface area (Å²) in [4.78, 5) is 0. The van der Waals surface area contributed by atoms with Gasteiger partial charge in [-0.25, -0.2) is 0 Å². The maximum atomic E-state index is 8.62. The van der Waals surface area contributed by atoms with Crippen LogP contribution in [0.15, 0.2) is 0 Å². The maximum absolute atomic E-state index is 8.62. The van der Waals surface area contributed by atoms with Gasteiger partial charge < -0.3 is 0 Å². The van der Waals surface area contributed by atoms with Crippen LogP contribution < -0.4 is 0 Å². The molecule has 0 aliphatic rings. The Balaban J connectivity index is 3.39. The molecule has 0 fully saturated rings. The zero-order chi connectivity index (χ0) is 8.53. The second-order valence-corrected chi connectivity index (χ2v) is 2.67. The SMILES string of the molecule is CCCC(C#N)CCCC#N. The minimum absolute atomic E-state index is 0.174. The lowest BCUT2D eigenvalue weighted by molar-refractivity contribution is 0.530. The Morgan fingerprint density at radius 2 is 2.00 bits per heavy atom. The summed E-state index contributed by atoms with van der Waals surface area (Å²) in [6.07, 6.45) is 4.38. The van der Waals surface area contributed by atoms with E-state index in [9.17, 15) is 0 Å². The van der Waals surface area contributed by atoms with Crippen LogP contribution in [0.5, 0.6) is 0 Å². The first-order valence-electron chi connectivity index (χ1n) is 4.11. The van der Waals surface area contributed by atoms with Gasteiger partial charge in [0.25, 0.3) is 0 Å². The van der Waals surface area contributed by atoms with Crippen LogP contribution >= 0.6 is 0 Å². The molecule has 60 valence electrons. The van der Waals surface area contributed by atoms with E-state index in [0.29, 0.717) is 6.42 Å². The van der Waals surface area contributed by atoms with Crippen molar-refractivity contribution >= 4 is 0 Å². The van der Waals surface area contributed by atoms with Crippen molar-refractivity contribution in [3.05, 3.63) is 0 Å². The molecule has 0 saturated carbocycles. The second kappa shape index (κ2) is 7.09. The van der Waals surface area contributed by atoms with Gasteiger partial charge in [-0.15, -0.1) is 0 Å². The van der Waals surface area contributed by atoms with E-state index in [1.165, 1.54) is 0 Å². The summed E-state index contributed by atoms with van der Waals surface area (Å²) in [6, 6.07) is 4.33. The Labute approximate surface area is 68.4 Å². The molecule has 0 N–H and O–H groups in total. The van der Waals surface area contributed by atoms with Crippen molar-refractivity contribution < 1.29 is 0 Å². The van der Waals surface area contributed by atoms with Gasteiger partial charge in [-0.05, 0) is 19.3 Å². The van der Waals surface area contributed by atoms with Gasteiger partial charge >= 0.3 is 0 Å². The molecule has 0 bridgehead atoms. The van der Waals surface area contributed by atoms with Crippen molar-refractivity contribution in [1.29, 1.82) is 10.5 Å². The molecule has 2 heteroatoms. The molecule has 0 rings (SSSR count). The Morgan fingerprint density at radius 3 is 2.45 bits per heavy atom. The standard InChI is InChI=1S/C9H14N2/c1-2-5-9(8-11)6-3-4-7-10/h9H,2-6H2,1H3. The predicted octanol–water partition coefficient (Wildman–Crippen LogP) is 2.62. The molecule has 1 atom stereocenters. The highest BCUT2D eigenvalue weighted by molar-refractivity contribution is 4.83. The van der Waals surface area contributed by atoms with Crippen LogP contribution in [-0.2, 0) is 0 Å². The van der Waals surface area contributed by atoms with Crippen molar-refractivity contribution in [3.63, 3.8) is 0 Å². The number of nitriles is 2. The summed E-state index contributed by atoms with van der Waals surface area (Å²) in [5, 5.41) is 16.9. The minimum Gasteiger partial charge on any atom is -0.198 e. The number of rotatable bonds is 5. The fourth-order valence-corrected chi connectivity index (χ4v) is 1.05. The van der Waals surface area contributed by atoms with E-state index in [2.05, 4.69) is 19.1 Å². The molecule has 0 aromatic heterocycles. The van der Waals surface area contributed by atoms with E-state index in [1.807, 2.05) is 0 Å². The Bertz CT molecular complexity index is 161. The van der Waals surface area contributed by atoms with Crippen LogP contribution in [-0.4, -0.2) is 0 Å². The van der Waals surface area contributed by atoms with E-state index in [0.717, 1.165) is 25.7 Å². The molecular formula is C9H14N2. The molecule has 0 aromatic rings. The van der Waals surface area contributed by atoms with Gasteiger partial charge in [0.1, 0.15) is 0 Å². The van der Waals surface area contributed by atoms with Crippen molar-refractivity contribution in [2.75, 3.05) is 0 Å². The van der Waals surface area contributed by atoms with Gasteiger partial charge in [0.05, 0.1) is 12.1 Å². The van der Waals surface area contributed by atoms with Gasteiger partial charge in [-0.2, -0.15) is 10.5 Å². The molecule has 0 aromatic carbocycles. The Hall–Kier alpha value is -1.02. The molecule has 0 radical (unpaired) electrons. The Morgan fingerprint density at radius 1 is 1.27 bits per heavy atom. The average molecular weight is 150 g/mol. The van der Waals surface area contributed by atoms with E-state index in [4.69, 9.17) is 10.5 Å². The van der Waals surface area contributed by atoms with Gasteiger partial charge in [0, 0.05) is 12.3 Å². The number of hydrogen-bond donors (Lipinski definition) is 0. The van der Waals surface area contributed by atoms with Crippen LogP contribution in [0.4, 0.5) is 0 Å². The van der Waals surface area contributed by atoms with E-state index in [-0.39, 0.29) is 5.92 Å². The van der Waals surface area contributed by atoms with Crippen molar-refractivity contribution in [2.45, 2.75) is 39.0 Å². The maximum Gasteiger partial charge on any atom is 0.0655 e. The second-order valence-electron chi connectivity index (χ2n) is 2.67. The van der Waals surface area contributed by atoms with Crippen molar-refractivity contribution in [3.8, 4) is 12.1 Å². The van der Waals surface area contributed by atoms with Gasteiger partial charge in [0.15, 0.2) is 0 Å². The van der Waals surface area contributed by atoms with Crippen LogP contribution in [0, 0.1) is 28.6 Å². The fraction of sp³-hybridized carbons (Fsp3) is 0.778. The van der Waals surface area contributed by atoms with Crippen LogP contribution in [0.3, 0.4) is 0 Å². The zero-order valence-electron chi connectivity index (χ0n) is 7.01. The van der Waals surface area contributed by atoms with Gasteiger partial charge in [0.2, 0.25) is 0 Å². The summed E-state index contributed by atoms with van der Waals surface area (Å²) in [5.74, 6) is 0.174. The first kappa shape index (κ1) is 9.98. The summed E-state index contributed by atoms with van der Waals surface area (Å²) in [7, 11) is 0.